The van der Waals surface area contributed by atoms with E-state index in [4.69, 9.17) is 9.47 Å². The second kappa shape index (κ2) is 5.62. The van der Waals surface area contributed by atoms with E-state index in [1.54, 1.807) is 0 Å². The Bertz CT molecular complexity index is 660. The summed E-state index contributed by atoms with van der Waals surface area (Å²) in [6.45, 7) is 6.22. The van der Waals surface area contributed by atoms with Crippen molar-refractivity contribution in [3.8, 4) is 0 Å². The van der Waals surface area contributed by atoms with Crippen LogP contribution in [0, 0.1) is 6.92 Å². The number of hydrogen-bond donors (Lipinski definition) is 0. The van der Waals surface area contributed by atoms with E-state index in [0.717, 1.165) is 49.3 Å². The maximum atomic E-state index is 11.7. The Morgan fingerprint density at radius 1 is 1.26 bits per heavy atom. The highest BCUT2D eigenvalue weighted by Crippen LogP contribution is 2.32. The highest BCUT2D eigenvalue weighted by molar-refractivity contribution is 5.93. The number of rotatable bonds is 2. The lowest BCUT2D eigenvalue weighted by Gasteiger charge is -2.45. The Kier molecular flexibility index (Phi) is 3.58. The molecule has 0 aromatic heterocycles. The van der Waals surface area contributed by atoms with Crippen LogP contribution in [0.25, 0.3) is 0 Å². The maximum Gasteiger partial charge on any atom is 0.338 e. The van der Waals surface area contributed by atoms with Crippen molar-refractivity contribution in [2.24, 2.45) is 0 Å². The van der Waals surface area contributed by atoms with Gasteiger partial charge in [-0.2, -0.15) is 0 Å². The fraction of sp³-hybridized carbons (Fsp3) is 0.529. The summed E-state index contributed by atoms with van der Waals surface area (Å²) in [7, 11) is 0. The van der Waals surface area contributed by atoms with E-state index >= 15 is 0 Å². The number of hydrogen-bond acceptors (Lipinski definition) is 5. The van der Waals surface area contributed by atoms with Crippen molar-refractivity contribution in [2.45, 2.75) is 25.7 Å². The van der Waals surface area contributed by atoms with E-state index in [9.17, 15) is 9.59 Å². The summed E-state index contributed by atoms with van der Waals surface area (Å²) in [5, 5.41) is 0. The molecule has 0 spiro atoms. The first-order chi connectivity index (χ1) is 11.2. The molecule has 23 heavy (non-hydrogen) atoms. The van der Waals surface area contributed by atoms with Crippen molar-refractivity contribution in [1.29, 1.82) is 0 Å². The Hall–Kier alpha value is -1.92. The molecule has 2 fully saturated rings. The molecule has 3 aliphatic heterocycles. The van der Waals surface area contributed by atoms with Gasteiger partial charge in [-0.25, -0.2) is 4.79 Å². The van der Waals surface area contributed by atoms with Gasteiger partial charge in [0.1, 0.15) is 6.61 Å². The van der Waals surface area contributed by atoms with Crippen molar-refractivity contribution in [3.63, 3.8) is 0 Å². The Morgan fingerprint density at radius 3 is 2.96 bits per heavy atom. The molecule has 122 valence electrons. The van der Waals surface area contributed by atoms with Crippen molar-refractivity contribution >= 4 is 12.4 Å². The maximum absolute atomic E-state index is 11.7. The first-order valence-corrected chi connectivity index (χ1v) is 8.01. The molecule has 6 nitrogen and oxygen atoms in total. The quantitative estimate of drug-likeness (QED) is 0.599. The van der Waals surface area contributed by atoms with Crippen LogP contribution >= 0.6 is 0 Å². The zero-order chi connectivity index (χ0) is 16.0. The van der Waals surface area contributed by atoms with Gasteiger partial charge in [0, 0.05) is 31.7 Å². The minimum Gasteiger partial charge on any atom is -0.457 e. The van der Waals surface area contributed by atoms with E-state index in [2.05, 4.69) is 11.0 Å². The fourth-order valence-electron chi connectivity index (χ4n) is 3.74. The summed E-state index contributed by atoms with van der Waals surface area (Å²) < 4.78 is 11.2. The minimum atomic E-state index is -0.232. The van der Waals surface area contributed by atoms with Gasteiger partial charge in [-0.1, -0.05) is 0 Å². The summed E-state index contributed by atoms with van der Waals surface area (Å²) in [5.41, 5.74) is 3.84. The molecule has 0 bridgehead atoms. The molecule has 4 rings (SSSR count). The molecule has 1 aromatic carbocycles. The SMILES string of the molecule is Cc1cc2c(cc1C1CN3CCN(C=O)CC3CO1)COC2=O. The van der Waals surface area contributed by atoms with Crippen molar-refractivity contribution in [2.75, 3.05) is 32.8 Å². The number of carbonyl (C=O) groups excluding carboxylic acids is 2. The van der Waals surface area contributed by atoms with Gasteiger partial charge < -0.3 is 14.4 Å². The topological polar surface area (TPSA) is 59.1 Å². The first-order valence-electron chi connectivity index (χ1n) is 8.01. The summed E-state index contributed by atoms with van der Waals surface area (Å²) >= 11 is 0. The first kappa shape index (κ1) is 14.7. The molecule has 0 radical (unpaired) electrons. The molecule has 2 saturated heterocycles. The number of piperazine rings is 1. The smallest absolute Gasteiger partial charge is 0.338 e. The van der Waals surface area contributed by atoms with Gasteiger partial charge in [-0.05, 0) is 30.2 Å². The van der Waals surface area contributed by atoms with Crippen molar-refractivity contribution in [3.05, 3.63) is 34.4 Å². The average Bonchev–Trinajstić information content (AvgIpc) is 2.93. The summed E-state index contributed by atoms with van der Waals surface area (Å²) in [6.07, 6.45) is 0.931. The molecule has 1 aromatic rings. The minimum absolute atomic E-state index is 0.00929. The molecule has 3 aliphatic rings. The molecule has 2 atom stereocenters. The molecule has 6 heteroatoms. The number of morpholine rings is 1. The number of nitrogens with zero attached hydrogens (tertiary/aromatic N) is 2. The Balaban J connectivity index is 1.54. The fourth-order valence-corrected chi connectivity index (χ4v) is 3.74. The number of carbonyl (C=O) groups is 2. The summed E-state index contributed by atoms with van der Waals surface area (Å²) in [6, 6.07) is 4.26. The van der Waals surface area contributed by atoms with Gasteiger partial charge in [0.25, 0.3) is 0 Å². The van der Waals surface area contributed by atoms with Crippen LogP contribution in [0.5, 0.6) is 0 Å². The predicted octanol–water partition coefficient (Wildman–Crippen LogP) is 0.879. The normalized spacial score (nSPS) is 27.3. The average molecular weight is 316 g/mol. The number of esters is 1. The van der Waals surface area contributed by atoms with Crippen molar-refractivity contribution in [1.82, 2.24) is 9.80 Å². The molecule has 0 aliphatic carbocycles. The molecular formula is C17H20N2O4. The second-order valence-electron chi connectivity index (χ2n) is 6.51. The predicted molar refractivity (Wildman–Crippen MR) is 82.0 cm³/mol. The van der Waals surface area contributed by atoms with Crippen LogP contribution in [0.1, 0.15) is 33.2 Å². The third kappa shape index (κ3) is 2.52. The van der Waals surface area contributed by atoms with Crippen LogP contribution in [0.4, 0.5) is 0 Å². The number of amides is 1. The van der Waals surface area contributed by atoms with Gasteiger partial charge >= 0.3 is 5.97 Å². The summed E-state index contributed by atoms with van der Waals surface area (Å²) in [5.74, 6) is -0.232. The van der Waals surface area contributed by atoms with Gasteiger partial charge in [-0.15, -0.1) is 0 Å². The van der Waals surface area contributed by atoms with Crippen LogP contribution in [0.15, 0.2) is 12.1 Å². The highest BCUT2D eigenvalue weighted by atomic mass is 16.5. The van der Waals surface area contributed by atoms with Gasteiger partial charge in [0.15, 0.2) is 0 Å². The molecule has 3 heterocycles. The molecular weight excluding hydrogens is 296 g/mol. The number of aryl methyl sites for hydroxylation is 1. The van der Waals surface area contributed by atoms with Crippen LogP contribution in [0.3, 0.4) is 0 Å². The third-order valence-electron chi connectivity index (χ3n) is 5.09. The largest absolute Gasteiger partial charge is 0.457 e. The molecule has 0 N–H and O–H groups in total. The lowest BCUT2D eigenvalue weighted by atomic mass is 9.95. The lowest BCUT2D eigenvalue weighted by Crippen LogP contribution is -2.58. The zero-order valence-electron chi connectivity index (χ0n) is 13.2. The van der Waals surface area contributed by atoms with E-state index < -0.39 is 0 Å². The number of ether oxygens (including phenoxy) is 2. The zero-order valence-corrected chi connectivity index (χ0v) is 13.2. The van der Waals surface area contributed by atoms with Crippen molar-refractivity contribution < 1.29 is 19.1 Å². The van der Waals surface area contributed by atoms with E-state index in [1.807, 2.05) is 17.9 Å². The van der Waals surface area contributed by atoms with Gasteiger partial charge in [-0.3, -0.25) is 9.69 Å². The van der Waals surface area contributed by atoms with E-state index in [0.29, 0.717) is 18.8 Å². The van der Waals surface area contributed by atoms with Gasteiger partial charge in [0.05, 0.1) is 24.3 Å². The lowest BCUT2D eigenvalue weighted by molar-refractivity contribution is -0.127. The van der Waals surface area contributed by atoms with E-state index in [1.165, 1.54) is 0 Å². The Morgan fingerprint density at radius 2 is 2.13 bits per heavy atom. The number of fused-ring (bicyclic) bond motifs is 2. The number of cyclic esters (lactones) is 1. The monoisotopic (exact) mass is 316 g/mol. The standard InChI is InChI=1S/C17H20N2O4/c1-11-4-15-12(8-23-17(15)21)5-14(11)16-7-19-3-2-18(10-20)6-13(19)9-22-16/h4-5,10,13,16H,2-3,6-9H2,1H3. The third-order valence-corrected chi connectivity index (χ3v) is 5.09. The molecule has 2 unspecified atom stereocenters. The van der Waals surface area contributed by atoms with Crippen LogP contribution in [-0.2, 0) is 20.9 Å². The van der Waals surface area contributed by atoms with Crippen LogP contribution < -0.4 is 0 Å². The van der Waals surface area contributed by atoms with E-state index in [-0.39, 0.29) is 18.1 Å². The van der Waals surface area contributed by atoms with Gasteiger partial charge in [0.2, 0.25) is 6.41 Å². The number of benzene rings is 1. The van der Waals surface area contributed by atoms with Crippen LogP contribution in [0.2, 0.25) is 0 Å². The molecule has 1 amide bonds. The molecule has 0 saturated carbocycles. The van der Waals surface area contributed by atoms with Crippen LogP contribution in [-0.4, -0.2) is 61.0 Å². The second-order valence-corrected chi connectivity index (χ2v) is 6.51. The highest BCUT2D eigenvalue weighted by Gasteiger charge is 2.35. The Labute approximate surface area is 134 Å². The summed E-state index contributed by atoms with van der Waals surface area (Å²) in [4.78, 5) is 26.8.